The third-order valence-electron chi connectivity index (χ3n) is 4.82. The number of thiazole rings is 1. The van der Waals surface area contributed by atoms with Crippen molar-refractivity contribution in [3.05, 3.63) is 45.8 Å². The van der Waals surface area contributed by atoms with Crippen molar-refractivity contribution in [2.75, 3.05) is 20.6 Å². The number of aliphatic imine (C=N–C) groups is 1. The molecule has 0 amide bonds. The van der Waals surface area contributed by atoms with Gasteiger partial charge >= 0.3 is 0 Å². The number of halogens is 1. The molecule has 1 aliphatic rings. The van der Waals surface area contributed by atoms with E-state index < -0.39 is 0 Å². The Hall–Kier alpha value is -2.08. The van der Waals surface area contributed by atoms with Crippen molar-refractivity contribution in [3.8, 4) is 11.6 Å². The maximum Gasteiger partial charge on any atom is 0.276 e. The summed E-state index contributed by atoms with van der Waals surface area (Å²) in [5, 5.41) is 8.55. The molecule has 1 N–H and O–H groups in total. The number of hydrogen-bond acceptors (Lipinski definition) is 7. The summed E-state index contributed by atoms with van der Waals surface area (Å²) >= 11 is 1.84. The molecule has 0 atom stereocenters. The summed E-state index contributed by atoms with van der Waals surface area (Å²) in [6, 6.07) is 5.60. The Morgan fingerprint density at radius 2 is 2.13 bits per heavy atom. The first-order valence-corrected chi connectivity index (χ1v) is 10.7. The van der Waals surface area contributed by atoms with Gasteiger partial charge in [-0.2, -0.15) is 4.98 Å². The molecule has 0 radical (unpaired) electrons. The molecule has 10 heteroatoms. The molecule has 0 aliphatic heterocycles. The van der Waals surface area contributed by atoms with Gasteiger partial charge in [-0.15, -0.1) is 35.3 Å². The predicted molar refractivity (Wildman–Crippen MR) is 128 cm³/mol. The second kappa shape index (κ2) is 10.8. The highest BCUT2D eigenvalue weighted by atomic mass is 127. The summed E-state index contributed by atoms with van der Waals surface area (Å²) in [7, 11) is 3.82. The Morgan fingerprint density at radius 1 is 1.27 bits per heavy atom. The molecule has 0 aromatic carbocycles. The van der Waals surface area contributed by atoms with Crippen molar-refractivity contribution < 1.29 is 4.52 Å². The fourth-order valence-electron chi connectivity index (χ4n) is 3.37. The SMILES string of the molecule is CN=C(NCCc1noc(-c2ccccn2)n1)N(C)Cc1nc2c(s1)CCCC2.I. The lowest BCUT2D eigenvalue weighted by Gasteiger charge is -2.20. The predicted octanol–water partition coefficient (Wildman–Crippen LogP) is 3.33. The van der Waals surface area contributed by atoms with Gasteiger partial charge in [0, 0.05) is 38.1 Å². The van der Waals surface area contributed by atoms with E-state index in [1.54, 1.807) is 13.2 Å². The number of aryl methyl sites for hydroxylation is 2. The molecule has 4 rings (SSSR count). The minimum Gasteiger partial charge on any atom is -0.356 e. The third kappa shape index (κ3) is 5.54. The van der Waals surface area contributed by atoms with Crippen molar-refractivity contribution in [3.63, 3.8) is 0 Å². The first kappa shape index (κ1) is 22.6. The summed E-state index contributed by atoms with van der Waals surface area (Å²) in [5.41, 5.74) is 1.98. The molecule has 3 heterocycles. The van der Waals surface area contributed by atoms with Gasteiger partial charge in [0.25, 0.3) is 5.89 Å². The number of nitrogens with one attached hydrogen (secondary N) is 1. The van der Waals surface area contributed by atoms with Crippen molar-refractivity contribution >= 4 is 41.3 Å². The van der Waals surface area contributed by atoms with Crippen LogP contribution in [0.5, 0.6) is 0 Å². The maximum atomic E-state index is 5.30. The smallest absolute Gasteiger partial charge is 0.276 e. The Balaban J connectivity index is 0.00000256. The standard InChI is InChI=1S/C20H25N7OS.HI/c1-21-20(27(2)13-18-24-14-7-3-4-9-16(14)29-18)23-12-10-17-25-19(28-26-17)15-8-5-6-11-22-15;/h5-6,8,11H,3-4,7,9-10,12-13H2,1-2H3,(H,21,23);1H. The molecule has 3 aromatic heterocycles. The Morgan fingerprint density at radius 3 is 2.90 bits per heavy atom. The molecule has 0 saturated carbocycles. The molecule has 1 aliphatic carbocycles. The van der Waals surface area contributed by atoms with Gasteiger partial charge in [-0.05, 0) is 37.8 Å². The Bertz CT molecular complexity index is 949. The van der Waals surface area contributed by atoms with Crippen LogP contribution in [-0.4, -0.2) is 51.6 Å². The average molecular weight is 539 g/mol. The minimum atomic E-state index is 0. The number of rotatable bonds is 6. The van der Waals surface area contributed by atoms with Gasteiger partial charge in [0.2, 0.25) is 0 Å². The molecule has 0 fully saturated rings. The van der Waals surface area contributed by atoms with Crippen LogP contribution in [0.15, 0.2) is 33.9 Å². The lowest BCUT2D eigenvalue weighted by molar-refractivity contribution is 0.420. The second-order valence-electron chi connectivity index (χ2n) is 7.00. The zero-order chi connectivity index (χ0) is 20.1. The number of pyridine rings is 1. The average Bonchev–Trinajstić information content (AvgIpc) is 3.38. The Labute approximate surface area is 197 Å². The fraction of sp³-hybridized carbons (Fsp3) is 0.450. The zero-order valence-corrected chi connectivity index (χ0v) is 20.3. The van der Waals surface area contributed by atoms with Crippen LogP contribution in [0.4, 0.5) is 0 Å². The number of aromatic nitrogens is 4. The van der Waals surface area contributed by atoms with Crippen LogP contribution in [0.1, 0.15) is 34.2 Å². The summed E-state index contributed by atoms with van der Waals surface area (Å²) < 4.78 is 5.30. The molecule has 0 spiro atoms. The van der Waals surface area contributed by atoms with Gasteiger partial charge in [0.05, 0.1) is 12.2 Å². The summed E-state index contributed by atoms with van der Waals surface area (Å²) in [6.45, 7) is 1.41. The number of nitrogens with zero attached hydrogens (tertiary/aromatic N) is 6. The molecule has 30 heavy (non-hydrogen) atoms. The first-order chi connectivity index (χ1) is 14.2. The highest BCUT2D eigenvalue weighted by molar-refractivity contribution is 14.0. The molecule has 0 saturated heterocycles. The summed E-state index contributed by atoms with van der Waals surface area (Å²) in [4.78, 5) is 21.4. The van der Waals surface area contributed by atoms with E-state index in [2.05, 4.69) is 30.3 Å². The van der Waals surface area contributed by atoms with Crippen LogP contribution in [0.2, 0.25) is 0 Å². The molecule has 0 unspecified atom stereocenters. The van der Waals surface area contributed by atoms with Crippen molar-refractivity contribution in [2.45, 2.75) is 38.6 Å². The number of guanidine groups is 1. The van der Waals surface area contributed by atoms with E-state index >= 15 is 0 Å². The lowest BCUT2D eigenvalue weighted by Crippen LogP contribution is -2.39. The van der Waals surface area contributed by atoms with Gasteiger partial charge in [-0.3, -0.25) is 9.98 Å². The van der Waals surface area contributed by atoms with Crippen molar-refractivity contribution in [1.82, 2.24) is 30.3 Å². The molecular weight excluding hydrogens is 513 g/mol. The van der Waals surface area contributed by atoms with Crippen LogP contribution in [-0.2, 0) is 25.8 Å². The zero-order valence-electron chi connectivity index (χ0n) is 17.2. The monoisotopic (exact) mass is 539 g/mol. The quantitative estimate of drug-likeness (QED) is 0.292. The van der Waals surface area contributed by atoms with Crippen LogP contribution >= 0.6 is 35.3 Å². The molecule has 160 valence electrons. The maximum absolute atomic E-state index is 5.30. The number of hydrogen-bond donors (Lipinski definition) is 1. The van der Waals surface area contributed by atoms with E-state index in [1.807, 2.05) is 36.6 Å². The van der Waals surface area contributed by atoms with E-state index in [-0.39, 0.29) is 24.0 Å². The van der Waals surface area contributed by atoms with Gasteiger partial charge in [0.15, 0.2) is 11.8 Å². The van der Waals surface area contributed by atoms with Crippen LogP contribution in [0.3, 0.4) is 0 Å². The topological polar surface area (TPSA) is 92.3 Å². The molecule has 8 nitrogen and oxygen atoms in total. The van der Waals surface area contributed by atoms with Gasteiger partial charge in [-0.25, -0.2) is 4.98 Å². The Kier molecular flexibility index (Phi) is 8.14. The van der Waals surface area contributed by atoms with Gasteiger partial charge in [0.1, 0.15) is 10.7 Å². The van der Waals surface area contributed by atoms with E-state index in [0.29, 0.717) is 30.4 Å². The van der Waals surface area contributed by atoms with E-state index in [9.17, 15) is 0 Å². The first-order valence-electron chi connectivity index (χ1n) is 9.86. The highest BCUT2D eigenvalue weighted by Gasteiger charge is 2.17. The fourth-order valence-corrected chi connectivity index (χ4v) is 4.58. The minimum absolute atomic E-state index is 0. The van der Waals surface area contributed by atoms with E-state index in [1.165, 1.54) is 29.8 Å². The van der Waals surface area contributed by atoms with Crippen molar-refractivity contribution in [1.29, 1.82) is 0 Å². The van der Waals surface area contributed by atoms with E-state index in [4.69, 9.17) is 9.51 Å². The molecular formula is C20H26IN7OS. The summed E-state index contributed by atoms with van der Waals surface area (Å²) in [6.07, 6.45) is 7.18. The lowest BCUT2D eigenvalue weighted by atomic mass is 10.0. The third-order valence-corrected chi connectivity index (χ3v) is 5.96. The molecule has 3 aromatic rings. The normalized spacial score (nSPS) is 13.5. The largest absolute Gasteiger partial charge is 0.356 e. The van der Waals surface area contributed by atoms with Gasteiger partial charge in [-0.1, -0.05) is 11.2 Å². The number of fused-ring (bicyclic) bond motifs is 1. The molecule has 0 bridgehead atoms. The van der Waals surface area contributed by atoms with Crippen LogP contribution in [0.25, 0.3) is 11.6 Å². The van der Waals surface area contributed by atoms with Crippen molar-refractivity contribution in [2.24, 2.45) is 4.99 Å². The van der Waals surface area contributed by atoms with Crippen LogP contribution in [0, 0.1) is 0 Å². The van der Waals surface area contributed by atoms with E-state index in [0.717, 1.165) is 23.9 Å². The second-order valence-corrected chi connectivity index (χ2v) is 8.16. The summed E-state index contributed by atoms with van der Waals surface area (Å²) in [5.74, 6) is 1.91. The van der Waals surface area contributed by atoms with Crippen LogP contribution < -0.4 is 5.32 Å². The highest BCUT2D eigenvalue weighted by Crippen LogP contribution is 2.27. The van der Waals surface area contributed by atoms with Gasteiger partial charge < -0.3 is 14.7 Å².